The van der Waals surface area contributed by atoms with Crippen LogP contribution in [0.3, 0.4) is 0 Å². The molecular formula is C11H15N3O3. The summed E-state index contributed by atoms with van der Waals surface area (Å²) >= 11 is 0. The smallest absolute Gasteiger partial charge is 0.329 e. The molecule has 1 aromatic heterocycles. The van der Waals surface area contributed by atoms with Crippen LogP contribution in [0.2, 0.25) is 0 Å². The van der Waals surface area contributed by atoms with E-state index in [1.807, 2.05) is 0 Å². The molecule has 1 saturated carbocycles. The Morgan fingerprint density at radius 1 is 1.59 bits per heavy atom. The van der Waals surface area contributed by atoms with Gasteiger partial charge in [0.25, 0.3) is 0 Å². The van der Waals surface area contributed by atoms with Crippen LogP contribution in [0.25, 0.3) is 0 Å². The number of hydrogen-bond acceptors (Lipinski definition) is 5. The quantitative estimate of drug-likeness (QED) is 0.632. The van der Waals surface area contributed by atoms with Crippen molar-refractivity contribution in [3.63, 3.8) is 0 Å². The first-order valence-electron chi connectivity index (χ1n) is 5.67. The van der Waals surface area contributed by atoms with Crippen molar-refractivity contribution in [2.75, 3.05) is 6.54 Å². The van der Waals surface area contributed by atoms with Crippen LogP contribution >= 0.6 is 0 Å². The van der Waals surface area contributed by atoms with Crippen LogP contribution in [-0.2, 0) is 0 Å². The van der Waals surface area contributed by atoms with E-state index in [0.29, 0.717) is 12.5 Å². The maximum atomic E-state index is 10.8. The molecule has 0 aromatic carbocycles. The highest BCUT2D eigenvalue weighted by Gasteiger charge is 2.29. The van der Waals surface area contributed by atoms with Gasteiger partial charge in [-0.15, -0.1) is 0 Å². The average Bonchev–Trinajstić information content (AvgIpc) is 2.77. The van der Waals surface area contributed by atoms with Gasteiger partial charge in [-0.25, -0.2) is 0 Å². The zero-order valence-corrected chi connectivity index (χ0v) is 9.41. The summed E-state index contributed by atoms with van der Waals surface area (Å²) in [6.45, 7) is 0.559. The summed E-state index contributed by atoms with van der Waals surface area (Å²) in [7, 11) is 0. The molecule has 2 N–H and O–H groups in total. The van der Waals surface area contributed by atoms with Crippen molar-refractivity contribution in [2.45, 2.75) is 25.4 Å². The minimum Gasteiger partial charge on any atom is -0.483 e. The van der Waals surface area contributed by atoms with Gasteiger partial charge >= 0.3 is 5.69 Å². The van der Waals surface area contributed by atoms with E-state index in [4.69, 9.17) is 10.5 Å². The van der Waals surface area contributed by atoms with E-state index in [0.717, 1.165) is 19.3 Å². The van der Waals surface area contributed by atoms with Gasteiger partial charge in [-0.1, -0.05) is 0 Å². The van der Waals surface area contributed by atoms with Gasteiger partial charge in [0.15, 0.2) is 0 Å². The molecule has 17 heavy (non-hydrogen) atoms. The second-order valence-electron chi connectivity index (χ2n) is 4.18. The second-order valence-corrected chi connectivity index (χ2v) is 4.18. The van der Waals surface area contributed by atoms with Crippen molar-refractivity contribution in [2.24, 2.45) is 11.7 Å². The van der Waals surface area contributed by atoms with Gasteiger partial charge in [0.05, 0.1) is 4.92 Å². The number of ether oxygens (including phenoxy) is 1. The molecule has 0 aliphatic heterocycles. The summed E-state index contributed by atoms with van der Waals surface area (Å²) < 4.78 is 5.71. The molecule has 0 bridgehead atoms. The van der Waals surface area contributed by atoms with Crippen molar-refractivity contribution >= 4 is 5.69 Å². The fourth-order valence-corrected chi connectivity index (χ4v) is 2.20. The predicted molar refractivity (Wildman–Crippen MR) is 61.7 cm³/mol. The molecule has 0 saturated heterocycles. The maximum Gasteiger partial charge on any atom is 0.329 e. The fourth-order valence-electron chi connectivity index (χ4n) is 2.20. The van der Waals surface area contributed by atoms with E-state index in [1.165, 1.54) is 18.5 Å². The Bertz CT molecular complexity index is 411. The van der Waals surface area contributed by atoms with Gasteiger partial charge in [-0.3, -0.25) is 15.1 Å². The number of aromatic nitrogens is 1. The normalized spacial score (nSPS) is 23.6. The highest BCUT2D eigenvalue weighted by Crippen LogP contribution is 2.32. The third-order valence-electron chi connectivity index (χ3n) is 3.13. The summed E-state index contributed by atoms with van der Waals surface area (Å²) in [5, 5.41) is 10.8. The van der Waals surface area contributed by atoms with E-state index >= 15 is 0 Å². The minimum absolute atomic E-state index is 0.0129. The minimum atomic E-state index is -0.477. The van der Waals surface area contributed by atoms with E-state index < -0.39 is 4.92 Å². The van der Waals surface area contributed by atoms with Gasteiger partial charge in [0.2, 0.25) is 5.75 Å². The lowest BCUT2D eigenvalue weighted by molar-refractivity contribution is -0.386. The van der Waals surface area contributed by atoms with Crippen molar-refractivity contribution in [3.05, 3.63) is 28.6 Å². The summed E-state index contributed by atoms with van der Waals surface area (Å²) in [5.74, 6) is 0.582. The summed E-state index contributed by atoms with van der Waals surface area (Å²) in [5.41, 5.74) is 5.56. The Morgan fingerprint density at radius 2 is 2.41 bits per heavy atom. The van der Waals surface area contributed by atoms with Crippen LogP contribution in [0.4, 0.5) is 5.69 Å². The third kappa shape index (κ3) is 2.52. The molecule has 1 aliphatic rings. The lowest BCUT2D eigenvalue weighted by Gasteiger charge is -2.19. The molecule has 92 valence electrons. The molecule has 6 nitrogen and oxygen atoms in total. The van der Waals surface area contributed by atoms with E-state index in [1.54, 1.807) is 0 Å². The molecule has 6 heteroatoms. The number of pyridine rings is 1. The SMILES string of the molecule is NCC1CCCC1Oc1ccncc1[N+](=O)[O-]. The molecular weight excluding hydrogens is 222 g/mol. The molecule has 1 fully saturated rings. The van der Waals surface area contributed by atoms with Gasteiger partial charge in [0.1, 0.15) is 12.3 Å². The Balaban J connectivity index is 2.15. The van der Waals surface area contributed by atoms with Crippen LogP contribution in [0.1, 0.15) is 19.3 Å². The highest BCUT2D eigenvalue weighted by molar-refractivity contribution is 5.43. The van der Waals surface area contributed by atoms with E-state index in [9.17, 15) is 10.1 Å². The topological polar surface area (TPSA) is 91.3 Å². The predicted octanol–water partition coefficient (Wildman–Crippen LogP) is 1.50. The Labute approximate surface area is 98.9 Å². The molecule has 1 aromatic rings. The van der Waals surface area contributed by atoms with Crippen molar-refractivity contribution < 1.29 is 9.66 Å². The van der Waals surface area contributed by atoms with Crippen molar-refractivity contribution in [3.8, 4) is 5.75 Å². The Kier molecular flexibility index (Phi) is 3.53. The number of hydrogen-bond donors (Lipinski definition) is 1. The first-order chi connectivity index (χ1) is 8.22. The van der Waals surface area contributed by atoms with Crippen LogP contribution in [-0.4, -0.2) is 22.6 Å². The monoisotopic (exact) mass is 237 g/mol. The fraction of sp³-hybridized carbons (Fsp3) is 0.545. The standard InChI is InChI=1S/C11H15N3O3/c12-6-8-2-1-3-10(8)17-11-4-5-13-7-9(11)14(15)16/h4-5,7-8,10H,1-3,6,12H2. The summed E-state index contributed by atoms with van der Waals surface area (Å²) in [6.07, 6.45) is 5.68. The number of nitro groups is 1. The number of rotatable bonds is 4. The van der Waals surface area contributed by atoms with E-state index in [-0.39, 0.29) is 17.5 Å². The molecule has 0 amide bonds. The first-order valence-corrected chi connectivity index (χ1v) is 5.67. The van der Waals surface area contributed by atoms with Gasteiger partial charge in [0, 0.05) is 18.2 Å². The maximum absolute atomic E-state index is 10.8. The zero-order chi connectivity index (χ0) is 12.3. The van der Waals surface area contributed by atoms with Crippen LogP contribution in [0, 0.1) is 16.0 Å². The van der Waals surface area contributed by atoms with Crippen molar-refractivity contribution in [1.82, 2.24) is 4.98 Å². The molecule has 0 radical (unpaired) electrons. The molecule has 2 atom stereocenters. The molecule has 2 rings (SSSR count). The Morgan fingerprint density at radius 3 is 3.12 bits per heavy atom. The molecule has 1 aliphatic carbocycles. The van der Waals surface area contributed by atoms with Gasteiger partial charge < -0.3 is 10.5 Å². The lowest BCUT2D eigenvalue weighted by Crippen LogP contribution is -2.27. The first kappa shape index (κ1) is 11.8. The molecule has 0 spiro atoms. The van der Waals surface area contributed by atoms with Crippen LogP contribution < -0.4 is 10.5 Å². The molecule has 1 heterocycles. The van der Waals surface area contributed by atoms with Crippen molar-refractivity contribution in [1.29, 1.82) is 0 Å². The third-order valence-corrected chi connectivity index (χ3v) is 3.13. The van der Waals surface area contributed by atoms with Crippen LogP contribution in [0.5, 0.6) is 5.75 Å². The highest BCUT2D eigenvalue weighted by atomic mass is 16.6. The lowest BCUT2D eigenvalue weighted by atomic mass is 10.1. The summed E-state index contributed by atoms with van der Waals surface area (Å²) in [4.78, 5) is 14.1. The number of nitrogens with zero attached hydrogens (tertiary/aromatic N) is 2. The largest absolute Gasteiger partial charge is 0.483 e. The number of nitrogens with two attached hydrogens (primary N) is 1. The Hall–Kier alpha value is -1.69. The van der Waals surface area contributed by atoms with E-state index in [2.05, 4.69) is 4.98 Å². The zero-order valence-electron chi connectivity index (χ0n) is 9.41. The van der Waals surface area contributed by atoms with Gasteiger partial charge in [-0.2, -0.15) is 0 Å². The average molecular weight is 237 g/mol. The second kappa shape index (κ2) is 5.09. The molecule has 2 unspecified atom stereocenters. The summed E-state index contributed by atoms with van der Waals surface area (Å²) in [6, 6.07) is 1.53. The van der Waals surface area contributed by atoms with Crippen LogP contribution in [0.15, 0.2) is 18.5 Å². The van der Waals surface area contributed by atoms with Gasteiger partial charge in [-0.05, 0) is 25.8 Å².